The van der Waals surface area contributed by atoms with Crippen molar-refractivity contribution in [2.75, 3.05) is 26.7 Å². The highest BCUT2D eigenvalue weighted by atomic mass is 16.5. The fraction of sp³-hybridized carbons (Fsp3) is 0.293. The molecule has 11 heteroatoms. The van der Waals surface area contributed by atoms with Crippen LogP contribution in [0, 0.1) is 0 Å². The Morgan fingerprint density at radius 2 is 1.33 bits per heavy atom. The second-order valence-corrected chi connectivity index (χ2v) is 12.9. The molecule has 0 fully saturated rings. The van der Waals surface area contributed by atoms with Gasteiger partial charge in [-0.05, 0) is 48.1 Å². The molecule has 52 heavy (non-hydrogen) atoms. The molecule has 0 radical (unpaired) electrons. The van der Waals surface area contributed by atoms with Crippen molar-refractivity contribution in [1.82, 2.24) is 26.2 Å². The van der Waals surface area contributed by atoms with Gasteiger partial charge < -0.3 is 30.9 Å². The van der Waals surface area contributed by atoms with Crippen molar-refractivity contribution in [3.8, 4) is 5.75 Å². The van der Waals surface area contributed by atoms with E-state index >= 15 is 0 Å². The van der Waals surface area contributed by atoms with Crippen LogP contribution in [0.15, 0.2) is 115 Å². The maximum atomic E-state index is 13.8. The molecule has 11 nitrogen and oxygen atoms in total. The summed E-state index contributed by atoms with van der Waals surface area (Å²) in [4.78, 5) is 69.5. The lowest BCUT2D eigenvalue weighted by Gasteiger charge is -2.26. The first-order chi connectivity index (χ1) is 25.2. The summed E-state index contributed by atoms with van der Waals surface area (Å²) in [5.41, 5.74) is 3.04. The summed E-state index contributed by atoms with van der Waals surface area (Å²) in [5.74, 6) is -2.41. The molecule has 4 aromatic rings. The summed E-state index contributed by atoms with van der Waals surface area (Å²) in [7, 11) is 1.51. The lowest BCUT2D eigenvalue weighted by atomic mass is 10.0. The largest absolute Gasteiger partial charge is 0.491 e. The van der Waals surface area contributed by atoms with E-state index in [0.29, 0.717) is 19.4 Å². The van der Waals surface area contributed by atoms with Crippen LogP contribution in [0.2, 0.25) is 0 Å². The number of benzene rings is 4. The van der Waals surface area contributed by atoms with Crippen molar-refractivity contribution >= 4 is 29.5 Å². The van der Waals surface area contributed by atoms with Gasteiger partial charge in [-0.2, -0.15) is 0 Å². The van der Waals surface area contributed by atoms with E-state index in [-0.39, 0.29) is 30.9 Å². The number of ether oxygens (including phenoxy) is 1. The number of hydrogen-bond donors (Lipinski definition) is 4. The maximum Gasteiger partial charge on any atom is 0.255 e. The van der Waals surface area contributed by atoms with Gasteiger partial charge in [-0.25, -0.2) is 0 Å². The fourth-order valence-corrected chi connectivity index (χ4v) is 6.06. The van der Waals surface area contributed by atoms with Crippen LogP contribution in [0.4, 0.5) is 0 Å². The van der Waals surface area contributed by atoms with E-state index in [1.165, 1.54) is 11.9 Å². The molecular weight excluding hydrogens is 658 g/mol. The van der Waals surface area contributed by atoms with Crippen molar-refractivity contribution in [1.29, 1.82) is 0 Å². The Morgan fingerprint density at radius 3 is 2.00 bits per heavy atom. The molecule has 1 aliphatic rings. The van der Waals surface area contributed by atoms with E-state index in [9.17, 15) is 24.0 Å². The zero-order valence-electron chi connectivity index (χ0n) is 29.3. The Bertz CT molecular complexity index is 1800. The summed E-state index contributed by atoms with van der Waals surface area (Å²) < 4.78 is 6.15. The number of para-hydroxylation sites is 1. The maximum absolute atomic E-state index is 13.8. The van der Waals surface area contributed by atoms with Crippen molar-refractivity contribution in [2.24, 2.45) is 0 Å². The Hall–Kier alpha value is -5.97. The van der Waals surface area contributed by atoms with Gasteiger partial charge in [0.15, 0.2) is 0 Å². The smallest absolute Gasteiger partial charge is 0.255 e. The summed E-state index contributed by atoms with van der Waals surface area (Å²) in [5, 5.41) is 11.4. The summed E-state index contributed by atoms with van der Waals surface area (Å²) in [6.45, 7) is 0.0751. The molecule has 0 unspecified atom stereocenters. The van der Waals surface area contributed by atoms with E-state index in [2.05, 4.69) is 21.3 Å². The minimum absolute atomic E-state index is 0.0184. The van der Waals surface area contributed by atoms with E-state index in [4.69, 9.17) is 4.74 Å². The van der Waals surface area contributed by atoms with Gasteiger partial charge in [-0.3, -0.25) is 24.0 Å². The molecule has 0 aromatic heterocycles. The Morgan fingerprint density at radius 1 is 0.731 bits per heavy atom. The zero-order chi connectivity index (χ0) is 36.7. The van der Waals surface area contributed by atoms with Crippen LogP contribution >= 0.6 is 0 Å². The first kappa shape index (κ1) is 37.3. The Labute approximate surface area is 304 Å². The quantitative estimate of drug-likeness (QED) is 0.197. The third-order valence-electron chi connectivity index (χ3n) is 8.73. The fourth-order valence-electron chi connectivity index (χ4n) is 6.06. The lowest BCUT2D eigenvalue weighted by Crippen LogP contribution is -2.54. The molecule has 5 amide bonds. The number of fused-ring (bicyclic) bond motifs is 1. The molecule has 4 N–H and O–H groups in total. The third kappa shape index (κ3) is 11.3. The first-order valence-electron chi connectivity index (χ1n) is 17.5. The minimum Gasteiger partial charge on any atom is -0.491 e. The van der Waals surface area contributed by atoms with Gasteiger partial charge in [0.1, 0.15) is 24.4 Å². The summed E-state index contributed by atoms with van der Waals surface area (Å²) >= 11 is 0. The van der Waals surface area contributed by atoms with Crippen LogP contribution in [-0.2, 0) is 38.4 Å². The number of carbonyl (C=O) groups is 5. The molecule has 270 valence electrons. The van der Waals surface area contributed by atoms with Crippen LogP contribution in [0.25, 0.3) is 0 Å². The highest BCUT2D eigenvalue weighted by Crippen LogP contribution is 2.19. The highest BCUT2D eigenvalue weighted by Gasteiger charge is 2.30. The molecule has 1 aliphatic heterocycles. The molecular formula is C41H45N5O6. The molecule has 0 bridgehead atoms. The average molecular weight is 704 g/mol. The third-order valence-corrected chi connectivity index (χ3v) is 8.73. The second kappa shape index (κ2) is 18.9. The van der Waals surface area contributed by atoms with Crippen LogP contribution < -0.4 is 26.0 Å². The van der Waals surface area contributed by atoms with Crippen molar-refractivity contribution in [3.05, 3.63) is 138 Å². The normalized spacial score (nSPS) is 18.9. The topological polar surface area (TPSA) is 146 Å². The number of aryl methyl sites for hydroxylation is 1. The van der Waals surface area contributed by atoms with Gasteiger partial charge in [0.2, 0.25) is 23.6 Å². The predicted octanol–water partition coefficient (Wildman–Crippen LogP) is 3.23. The van der Waals surface area contributed by atoms with E-state index in [1.807, 2.05) is 91.0 Å². The molecule has 4 aromatic carbocycles. The molecule has 3 atom stereocenters. The highest BCUT2D eigenvalue weighted by molar-refractivity contribution is 6.01. The second-order valence-electron chi connectivity index (χ2n) is 12.9. The van der Waals surface area contributed by atoms with Gasteiger partial charge >= 0.3 is 0 Å². The van der Waals surface area contributed by atoms with Crippen molar-refractivity contribution in [2.45, 2.75) is 50.2 Å². The van der Waals surface area contributed by atoms with Crippen LogP contribution in [0.5, 0.6) is 5.75 Å². The lowest BCUT2D eigenvalue weighted by molar-refractivity contribution is -0.138. The molecule has 0 saturated carbocycles. The molecule has 5 rings (SSSR count). The van der Waals surface area contributed by atoms with Crippen LogP contribution in [0.3, 0.4) is 0 Å². The van der Waals surface area contributed by atoms with Gasteiger partial charge in [-0.15, -0.1) is 0 Å². The monoisotopic (exact) mass is 703 g/mol. The molecule has 0 saturated heterocycles. The van der Waals surface area contributed by atoms with E-state index in [0.717, 1.165) is 23.1 Å². The Kier molecular flexibility index (Phi) is 13.5. The zero-order valence-corrected chi connectivity index (χ0v) is 29.3. The first-order valence-corrected chi connectivity index (χ1v) is 17.5. The number of amides is 5. The standard InChI is InChI=1S/C41H45N5O6/c1-46-27-38(48)43-32(24-30-16-7-3-8-17-30)28-52-36-22-12-11-21-33(36)39(49)45-34(40(50)42-23-13-20-29-14-5-2-6-15-29)26-37(47)44-35(41(46)51)25-31-18-9-4-10-19-31/h2-12,14-19,21-22,32,34-35H,13,20,23-28H2,1H3,(H,42,50)(H,43,48)(H,44,47)(H,45,49)/t32-,34+,35+/m1/s1. The SMILES string of the molecule is CN1CC(=O)N[C@H](Cc2ccccc2)COc2ccccc2C(=O)N[C@H](C(=O)NCCCc2ccccc2)CC(=O)N[C@@H](Cc2ccccc2)C1=O. The number of nitrogens with one attached hydrogen (secondary N) is 4. The number of nitrogens with zero attached hydrogens (tertiary/aromatic N) is 1. The number of hydrogen-bond acceptors (Lipinski definition) is 6. The molecule has 1 heterocycles. The Balaban J connectivity index is 1.41. The summed E-state index contributed by atoms with van der Waals surface area (Å²) in [6.07, 6.45) is 1.54. The number of likely N-dealkylation sites (N-methyl/N-ethyl adjacent to an activating group) is 1. The van der Waals surface area contributed by atoms with E-state index < -0.39 is 54.1 Å². The van der Waals surface area contributed by atoms with E-state index in [1.54, 1.807) is 24.3 Å². The van der Waals surface area contributed by atoms with Crippen LogP contribution in [0.1, 0.15) is 39.9 Å². The summed E-state index contributed by atoms with van der Waals surface area (Å²) in [6, 6.07) is 32.4. The van der Waals surface area contributed by atoms with Crippen molar-refractivity contribution < 1.29 is 28.7 Å². The van der Waals surface area contributed by atoms with Gasteiger partial charge in [0.05, 0.1) is 24.6 Å². The molecule has 0 aliphatic carbocycles. The van der Waals surface area contributed by atoms with Gasteiger partial charge in [0.25, 0.3) is 5.91 Å². The van der Waals surface area contributed by atoms with Crippen molar-refractivity contribution in [3.63, 3.8) is 0 Å². The van der Waals surface area contributed by atoms with Crippen LogP contribution in [-0.4, -0.2) is 79.3 Å². The van der Waals surface area contributed by atoms with Gasteiger partial charge in [-0.1, -0.05) is 103 Å². The number of rotatable bonds is 9. The minimum atomic E-state index is -1.26. The predicted molar refractivity (Wildman–Crippen MR) is 197 cm³/mol. The average Bonchev–Trinajstić information content (AvgIpc) is 3.15. The molecule has 0 spiro atoms. The number of carbonyl (C=O) groups excluding carboxylic acids is 5. The van der Waals surface area contributed by atoms with Gasteiger partial charge in [0, 0.05) is 20.0 Å².